The Morgan fingerprint density at radius 2 is 2.00 bits per heavy atom. The fourth-order valence-corrected chi connectivity index (χ4v) is 0.865. The van der Waals surface area contributed by atoms with Gasteiger partial charge in [0.05, 0.1) is 0 Å². The number of carboxylic acid groups (broad SMARTS) is 1. The predicted molar refractivity (Wildman–Crippen MR) is 46.4 cm³/mol. The van der Waals surface area contributed by atoms with E-state index in [4.69, 9.17) is 10.2 Å². The number of hydrogen-bond donors (Lipinski definition) is 3. The molecule has 1 atom stereocenters. The van der Waals surface area contributed by atoms with Gasteiger partial charge in [-0.05, 0) is 19.4 Å². The number of carboxylic acids is 1. The molecule has 0 aliphatic rings. The topological polar surface area (TPSA) is 69.6 Å². The molecule has 0 fully saturated rings. The van der Waals surface area contributed by atoms with Crippen molar-refractivity contribution < 1.29 is 23.8 Å². The van der Waals surface area contributed by atoms with Gasteiger partial charge in [-0.3, -0.25) is 4.79 Å². The van der Waals surface area contributed by atoms with Crippen LogP contribution >= 0.6 is 0 Å². The highest BCUT2D eigenvalue weighted by Gasteiger charge is 2.15. The van der Waals surface area contributed by atoms with E-state index in [-0.39, 0.29) is 13.0 Å². The number of hydrogen-bond acceptors (Lipinski definition) is 3. The van der Waals surface area contributed by atoms with Gasteiger partial charge in [-0.2, -0.15) is 0 Å². The van der Waals surface area contributed by atoms with E-state index in [1.807, 2.05) is 0 Å². The average Bonchev–Trinajstić information content (AvgIpc) is 2.09. The lowest BCUT2D eigenvalue weighted by Gasteiger charge is -2.09. The van der Waals surface area contributed by atoms with Crippen LogP contribution in [0.5, 0.6) is 0 Å². The maximum Gasteiger partial charge on any atom is 0.303 e. The second kappa shape index (κ2) is 7.64. The molecule has 0 saturated heterocycles. The molecule has 0 radical (unpaired) electrons. The van der Waals surface area contributed by atoms with E-state index in [0.717, 1.165) is 0 Å². The van der Waals surface area contributed by atoms with Crippen LogP contribution in [0.2, 0.25) is 0 Å². The summed E-state index contributed by atoms with van der Waals surface area (Å²) in [5, 5.41) is 19.6. The third-order valence-electron chi connectivity index (χ3n) is 1.64. The molecular formula is C8H15F2NO3. The molecule has 0 amide bonds. The standard InChI is InChI=1S/C8H15F2NO3/c9-8(10)6(12)5-11-4-2-1-3-7(13)14/h6,8,11-12H,1-5H2,(H,13,14). The summed E-state index contributed by atoms with van der Waals surface area (Å²) < 4.78 is 23.5. The summed E-state index contributed by atoms with van der Waals surface area (Å²) in [6, 6.07) is 0. The number of alkyl halides is 2. The zero-order chi connectivity index (χ0) is 11.0. The number of aliphatic carboxylic acids is 1. The molecule has 0 aromatic heterocycles. The third-order valence-corrected chi connectivity index (χ3v) is 1.64. The second-order valence-corrected chi connectivity index (χ2v) is 2.96. The minimum Gasteiger partial charge on any atom is -0.481 e. The van der Waals surface area contributed by atoms with Crippen LogP contribution in [-0.4, -0.2) is 41.8 Å². The van der Waals surface area contributed by atoms with Crippen LogP contribution in [0.4, 0.5) is 8.78 Å². The van der Waals surface area contributed by atoms with Gasteiger partial charge < -0.3 is 15.5 Å². The Hall–Kier alpha value is -0.750. The molecule has 0 spiro atoms. The molecule has 0 aliphatic carbocycles. The summed E-state index contributed by atoms with van der Waals surface area (Å²) >= 11 is 0. The van der Waals surface area contributed by atoms with Crippen molar-refractivity contribution in [1.82, 2.24) is 5.32 Å². The van der Waals surface area contributed by atoms with E-state index >= 15 is 0 Å². The lowest BCUT2D eigenvalue weighted by atomic mass is 10.2. The third kappa shape index (κ3) is 7.88. The lowest BCUT2D eigenvalue weighted by Crippen LogP contribution is -2.32. The van der Waals surface area contributed by atoms with Crippen molar-refractivity contribution in [2.45, 2.75) is 31.8 Å². The molecule has 3 N–H and O–H groups in total. The summed E-state index contributed by atoms with van der Waals surface area (Å²) in [6.07, 6.45) is -3.19. The van der Waals surface area contributed by atoms with Crippen molar-refractivity contribution in [3.63, 3.8) is 0 Å². The molecule has 14 heavy (non-hydrogen) atoms. The Labute approximate surface area is 80.9 Å². The molecule has 0 aromatic carbocycles. The first-order chi connectivity index (χ1) is 6.54. The van der Waals surface area contributed by atoms with Crippen LogP contribution in [0, 0.1) is 0 Å². The zero-order valence-corrected chi connectivity index (χ0v) is 7.75. The molecule has 0 aliphatic heterocycles. The average molecular weight is 211 g/mol. The maximum atomic E-state index is 11.7. The van der Waals surface area contributed by atoms with Crippen LogP contribution in [0.1, 0.15) is 19.3 Å². The van der Waals surface area contributed by atoms with Crippen molar-refractivity contribution in [3.05, 3.63) is 0 Å². The van der Waals surface area contributed by atoms with Gasteiger partial charge in [0.1, 0.15) is 6.10 Å². The summed E-state index contributed by atoms with van der Waals surface area (Å²) in [4.78, 5) is 10.1. The molecule has 0 rings (SSSR count). The van der Waals surface area contributed by atoms with Gasteiger partial charge in [0.15, 0.2) is 0 Å². The van der Waals surface area contributed by atoms with Crippen LogP contribution in [-0.2, 0) is 4.79 Å². The molecule has 84 valence electrons. The van der Waals surface area contributed by atoms with Crippen molar-refractivity contribution in [2.75, 3.05) is 13.1 Å². The quantitative estimate of drug-likeness (QED) is 0.510. The fraction of sp³-hybridized carbons (Fsp3) is 0.875. The van der Waals surface area contributed by atoms with Crippen molar-refractivity contribution in [3.8, 4) is 0 Å². The molecule has 6 heteroatoms. The first kappa shape index (κ1) is 13.2. The largest absolute Gasteiger partial charge is 0.481 e. The van der Waals surface area contributed by atoms with Crippen molar-refractivity contribution in [2.24, 2.45) is 0 Å². The van der Waals surface area contributed by atoms with Gasteiger partial charge >= 0.3 is 5.97 Å². The monoisotopic (exact) mass is 211 g/mol. The maximum absolute atomic E-state index is 11.7. The fourth-order valence-electron chi connectivity index (χ4n) is 0.865. The van der Waals surface area contributed by atoms with E-state index < -0.39 is 18.5 Å². The zero-order valence-electron chi connectivity index (χ0n) is 7.75. The number of aliphatic hydroxyl groups excluding tert-OH is 1. The van der Waals surface area contributed by atoms with Gasteiger partial charge in [0.2, 0.25) is 0 Å². The van der Waals surface area contributed by atoms with Crippen molar-refractivity contribution >= 4 is 5.97 Å². The lowest BCUT2D eigenvalue weighted by molar-refractivity contribution is -0.137. The summed E-state index contributed by atoms with van der Waals surface area (Å²) in [6.45, 7) is 0.280. The number of carbonyl (C=O) groups is 1. The van der Waals surface area contributed by atoms with Crippen LogP contribution < -0.4 is 5.32 Å². The Balaban J connectivity index is 3.17. The summed E-state index contributed by atoms with van der Waals surface area (Å²) in [5.41, 5.74) is 0. The Kier molecular flexibility index (Phi) is 7.23. The predicted octanol–water partition coefficient (Wildman–Crippen LogP) is 0.457. The first-order valence-electron chi connectivity index (χ1n) is 4.42. The molecule has 0 saturated carbocycles. The molecule has 0 bridgehead atoms. The minimum absolute atomic E-state index is 0.0824. The van der Waals surface area contributed by atoms with E-state index in [9.17, 15) is 13.6 Å². The number of rotatable bonds is 8. The number of unbranched alkanes of at least 4 members (excludes halogenated alkanes) is 1. The number of aliphatic hydroxyl groups is 1. The smallest absolute Gasteiger partial charge is 0.303 e. The SMILES string of the molecule is O=C(O)CCCCNCC(O)C(F)F. The summed E-state index contributed by atoms with van der Waals surface area (Å²) in [5.74, 6) is -0.863. The van der Waals surface area contributed by atoms with E-state index in [1.54, 1.807) is 0 Å². The van der Waals surface area contributed by atoms with E-state index in [0.29, 0.717) is 19.4 Å². The van der Waals surface area contributed by atoms with Crippen LogP contribution in [0.25, 0.3) is 0 Å². The number of nitrogens with one attached hydrogen (secondary N) is 1. The van der Waals surface area contributed by atoms with E-state index in [1.165, 1.54) is 0 Å². The highest BCUT2D eigenvalue weighted by Crippen LogP contribution is 1.99. The van der Waals surface area contributed by atoms with Gasteiger partial charge in [0, 0.05) is 13.0 Å². The molecule has 4 nitrogen and oxygen atoms in total. The minimum atomic E-state index is -2.73. The van der Waals surface area contributed by atoms with Crippen LogP contribution in [0.3, 0.4) is 0 Å². The van der Waals surface area contributed by atoms with Crippen molar-refractivity contribution in [1.29, 1.82) is 0 Å². The number of halogens is 2. The second-order valence-electron chi connectivity index (χ2n) is 2.96. The van der Waals surface area contributed by atoms with Gasteiger partial charge in [0.25, 0.3) is 6.43 Å². The molecule has 0 heterocycles. The highest BCUT2D eigenvalue weighted by atomic mass is 19.3. The normalized spacial score (nSPS) is 13.1. The highest BCUT2D eigenvalue weighted by molar-refractivity contribution is 5.66. The van der Waals surface area contributed by atoms with Gasteiger partial charge in [-0.15, -0.1) is 0 Å². The molecule has 0 aromatic rings. The Bertz CT molecular complexity index is 167. The Morgan fingerprint density at radius 3 is 2.50 bits per heavy atom. The molecular weight excluding hydrogens is 196 g/mol. The van der Waals surface area contributed by atoms with E-state index in [2.05, 4.69) is 5.32 Å². The summed E-state index contributed by atoms with van der Waals surface area (Å²) in [7, 11) is 0. The Morgan fingerprint density at radius 1 is 1.36 bits per heavy atom. The van der Waals surface area contributed by atoms with Gasteiger partial charge in [-0.25, -0.2) is 8.78 Å². The molecule has 1 unspecified atom stereocenters. The van der Waals surface area contributed by atoms with Gasteiger partial charge in [-0.1, -0.05) is 0 Å². The first-order valence-corrected chi connectivity index (χ1v) is 4.42. The van der Waals surface area contributed by atoms with Crippen LogP contribution in [0.15, 0.2) is 0 Å².